The van der Waals surface area contributed by atoms with Crippen molar-refractivity contribution in [1.29, 1.82) is 0 Å². The first kappa shape index (κ1) is 21.9. The summed E-state index contributed by atoms with van der Waals surface area (Å²) in [5.41, 5.74) is 0. The van der Waals surface area contributed by atoms with Gasteiger partial charge in [-0.1, -0.05) is 11.6 Å². The third kappa shape index (κ3) is 8.27. The topological polar surface area (TPSA) is 39.7 Å². The second kappa shape index (κ2) is 12.2. The molecule has 0 spiro atoms. The number of rotatable bonds is 6. The van der Waals surface area contributed by atoms with Crippen molar-refractivity contribution in [3.05, 3.63) is 29.3 Å². The Bertz CT molecular complexity index is 490. The number of nitrogens with one attached hydrogen (secondary N) is 2. The Morgan fingerprint density at radius 3 is 2.54 bits per heavy atom. The lowest BCUT2D eigenvalue weighted by atomic mass is 9.97. The molecule has 2 rings (SSSR count). The highest BCUT2D eigenvalue weighted by molar-refractivity contribution is 14.0. The van der Waals surface area contributed by atoms with Crippen LogP contribution in [0.3, 0.4) is 0 Å². The van der Waals surface area contributed by atoms with Gasteiger partial charge < -0.3 is 15.5 Å². The Morgan fingerprint density at radius 2 is 1.92 bits per heavy atom. The number of thioether (sulfide) groups is 1. The minimum atomic E-state index is 0. The fourth-order valence-electron chi connectivity index (χ4n) is 2.60. The van der Waals surface area contributed by atoms with Crippen LogP contribution in [0, 0.1) is 5.92 Å². The van der Waals surface area contributed by atoms with Crippen LogP contribution in [0.1, 0.15) is 12.8 Å². The molecule has 0 radical (unpaired) electrons. The summed E-state index contributed by atoms with van der Waals surface area (Å²) in [5.74, 6) is 2.66. The zero-order valence-corrected chi connectivity index (χ0v) is 18.3. The summed E-state index contributed by atoms with van der Waals surface area (Å²) in [6, 6.07) is 7.97. The predicted molar refractivity (Wildman–Crippen MR) is 117 cm³/mol. The number of nitrogens with zero attached hydrogens (tertiary/aromatic N) is 2. The molecule has 0 atom stereocenters. The monoisotopic (exact) mass is 482 g/mol. The van der Waals surface area contributed by atoms with Gasteiger partial charge in [-0.3, -0.25) is 4.99 Å². The standard InChI is InChI=1S/C17H27ClN4S.HI/c1-19-17(21-13-14-7-10-22(2)11-8-14)20-9-12-23-16-5-3-15(18)4-6-16;/h3-6,14H,7-13H2,1-2H3,(H2,19,20,21);1H. The van der Waals surface area contributed by atoms with Crippen LogP contribution in [0.2, 0.25) is 5.02 Å². The smallest absolute Gasteiger partial charge is 0.191 e. The van der Waals surface area contributed by atoms with E-state index in [9.17, 15) is 0 Å². The van der Waals surface area contributed by atoms with Crippen molar-refractivity contribution in [3.63, 3.8) is 0 Å². The number of piperidine rings is 1. The van der Waals surface area contributed by atoms with Gasteiger partial charge in [0.2, 0.25) is 0 Å². The number of aliphatic imine (C=N–C) groups is 1. The quantitative estimate of drug-likeness (QED) is 0.214. The zero-order chi connectivity index (χ0) is 16.5. The van der Waals surface area contributed by atoms with E-state index >= 15 is 0 Å². The Labute approximate surface area is 172 Å². The number of hydrogen-bond donors (Lipinski definition) is 2. The van der Waals surface area contributed by atoms with Gasteiger partial charge in [0.05, 0.1) is 0 Å². The molecule has 4 nitrogen and oxygen atoms in total. The van der Waals surface area contributed by atoms with Crippen molar-refractivity contribution in [3.8, 4) is 0 Å². The first-order valence-electron chi connectivity index (χ1n) is 8.19. The molecule has 1 saturated heterocycles. The molecule has 2 N–H and O–H groups in total. The maximum Gasteiger partial charge on any atom is 0.191 e. The Morgan fingerprint density at radius 1 is 1.25 bits per heavy atom. The highest BCUT2D eigenvalue weighted by Gasteiger charge is 2.16. The summed E-state index contributed by atoms with van der Waals surface area (Å²) in [7, 11) is 4.03. The first-order chi connectivity index (χ1) is 11.2. The van der Waals surface area contributed by atoms with Gasteiger partial charge in [-0.15, -0.1) is 35.7 Å². The van der Waals surface area contributed by atoms with Gasteiger partial charge in [0.1, 0.15) is 0 Å². The van der Waals surface area contributed by atoms with E-state index in [2.05, 4.69) is 39.7 Å². The van der Waals surface area contributed by atoms with Crippen molar-refractivity contribution in [1.82, 2.24) is 15.5 Å². The van der Waals surface area contributed by atoms with E-state index in [0.717, 1.165) is 35.7 Å². The maximum absolute atomic E-state index is 5.89. The van der Waals surface area contributed by atoms with Gasteiger partial charge in [0.25, 0.3) is 0 Å². The van der Waals surface area contributed by atoms with Crippen LogP contribution in [0.15, 0.2) is 34.2 Å². The second-order valence-electron chi connectivity index (χ2n) is 5.93. The summed E-state index contributed by atoms with van der Waals surface area (Å²) in [6.07, 6.45) is 2.54. The molecule has 1 heterocycles. The number of halogens is 2. The van der Waals surface area contributed by atoms with Crippen LogP contribution in [-0.2, 0) is 0 Å². The molecule has 0 aromatic heterocycles. The first-order valence-corrected chi connectivity index (χ1v) is 9.55. The van der Waals surface area contributed by atoms with E-state index in [4.69, 9.17) is 11.6 Å². The molecule has 0 aliphatic carbocycles. The number of likely N-dealkylation sites (tertiary alicyclic amines) is 1. The van der Waals surface area contributed by atoms with Gasteiger partial charge in [0.15, 0.2) is 5.96 Å². The van der Waals surface area contributed by atoms with Gasteiger partial charge in [-0.2, -0.15) is 0 Å². The van der Waals surface area contributed by atoms with E-state index in [1.165, 1.54) is 30.8 Å². The lowest BCUT2D eigenvalue weighted by Crippen LogP contribution is -2.42. The number of hydrogen-bond acceptors (Lipinski definition) is 3. The van der Waals surface area contributed by atoms with Crippen molar-refractivity contribution in [2.75, 3.05) is 46.0 Å². The highest BCUT2D eigenvalue weighted by Crippen LogP contribution is 2.19. The molecule has 1 aliphatic rings. The fraction of sp³-hybridized carbons (Fsp3) is 0.588. The van der Waals surface area contributed by atoms with Crippen molar-refractivity contribution >= 4 is 53.3 Å². The van der Waals surface area contributed by atoms with Crippen molar-refractivity contribution < 1.29 is 0 Å². The summed E-state index contributed by atoms with van der Waals surface area (Å²) < 4.78 is 0. The highest BCUT2D eigenvalue weighted by atomic mass is 127. The van der Waals surface area contributed by atoms with E-state index in [0.29, 0.717) is 0 Å². The summed E-state index contributed by atoms with van der Waals surface area (Å²) >= 11 is 7.71. The normalized spacial score (nSPS) is 16.5. The molecule has 1 aromatic rings. The van der Waals surface area contributed by atoms with E-state index in [1.807, 2.05) is 30.9 Å². The van der Waals surface area contributed by atoms with Gasteiger partial charge in [-0.25, -0.2) is 0 Å². The Hall–Kier alpha value is -0.180. The Balaban J connectivity index is 0.00000288. The summed E-state index contributed by atoms with van der Waals surface area (Å²) in [6.45, 7) is 4.31. The average molecular weight is 483 g/mol. The molecular formula is C17H28ClIN4S. The fourth-order valence-corrected chi connectivity index (χ4v) is 3.49. The van der Waals surface area contributed by atoms with Gasteiger partial charge >= 0.3 is 0 Å². The zero-order valence-electron chi connectivity index (χ0n) is 14.4. The minimum absolute atomic E-state index is 0. The maximum atomic E-state index is 5.89. The number of guanidine groups is 1. The van der Waals surface area contributed by atoms with Crippen LogP contribution >= 0.6 is 47.3 Å². The van der Waals surface area contributed by atoms with Gasteiger partial charge in [-0.05, 0) is 63.2 Å². The van der Waals surface area contributed by atoms with Crippen LogP contribution < -0.4 is 10.6 Å². The van der Waals surface area contributed by atoms with E-state index < -0.39 is 0 Å². The number of benzene rings is 1. The van der Waals surface area contributed by atoms with Crippen LogP contribution in [-0.4, -0.2) is 56.9 Å². The van der Waals surface area contributed by atoms with Crippen molar-refractivity contribution in [2.24, 2.45) is 10.9 Å². The minimum Gasteiger partial charge on any atom is -0.356 e. The van der Waals surface area contributed by atoms with E-state index in [-0.39, 0.29) is 24.0 Å². The summed E-state index contributed by atoms with van der Waals surface area (Å²) in [4.78, 5) is 7.94. The average Bonchev–Trinajstić information content (AvgIpc) is 2.57. The summed E-state index contributed by atoms with van der Waals surface area (Å²) in [5, 5.41) is 7.62. The van der Waals surface area contributed by atoms with Crippen LogP contribution in [0.25, 0.3) is 0 Å². The molecule has 136 valence electrons. The van der Waals surface area contributed by atoms with Crippen LogP contribution in [0.5, 0.6) is 0 Å². The third-order valence-corrected chi connectivity index (χ3v) is 5.36. The van der Waals surface area contributed by atoms with Gasteiger partial charge in [0, 0.05) is 35.8 Å². The van der Waals surface area contributed by atoms with Crippen molar-refractivity contribution in [2.45, 2.75) is 17.7 Å². The van der Waals surface area contributed by atoms with E-state index in [1.54, 1.807) is 0 Å². The third-order valence-electron chi connectivity index (χ3n) is 4.10. The Kier molecular flexibility index (Phi) is 11.1. The SMILES string of the molecule is CN=C(NCCSc1ccc(Cl)cc1)NCC1CCN(C)CC1.I. The predicted octanol–water partition coefficient (Wildman–Crippen LogP) is 3.56. The molecule has 0 unspecified atom stereocenters. The molecule has 1 fully saturated rings. The van der Waals surface area contributed by atoms with Crippen LogP contribution in [0.4, 0.5) is 0 Å². The second-order valence-corrected chi connectivity index (χ2v) is 7.53. The molecule has 0 saturated carbocycles. The molecular weight excluding hydrogens is 455 g/mol. The molecule has 7 heteroatoms. The molecule has 1 aliphatic heterocycles. The lowest BCUT2D eigenvalue weighted by Gasteiger charge is -2.29. The molecule has 24 heavy (non-hydrogen) atoms. The molecule has 1 aromatic carbocycles. The molecule has 0 amide bonds. The molecule has 0 bridgehead atoms. The largest absolute Gasteiger partial charge is 0.356 e. The lowest BCUT2D eigenvalue weighted by molar-refractivity contribution is 0.220.